The van der Waals surface area contributed by atoms with Gasteiger partial charge >= 0.3 is 0 Å². The fraction of sp³-hybridized carbons (Fsp3) is 0.0625. The van der Waals surface area contributed by atoms with E-state index in [2.05, 4.69) is 152 Å². The highest BCUT2D eigenvalue weighted by Crippen LogP contribution is 2.49. The number of hydrogen-bond donors (Lipinski definition) is 0. The Balaban J connectivity index is 1.78. The van der Waals surface area contributed by atoms with E-state index in [1.54, 1.807) is 0 Å². The molecule has 1 heteroatoms. The average Bonchev–Trinajstić information content (AvgIpc) is 2.92. The molecule has 0 nitrogen and oxygen atoms in total. The summed E-state index contributed by atoms with van der Waals surface area (Å²) >= 11 is 0. The SMILES string of the molecule is c1ccc(P(CC(c2ccccc2)(c2ccccc2)c2ccccc2)c2ccccc2)cc1. The van der Waals surface area contributed by atoms with Crippen LogP contribution in [0.15, 0.2) is 152 Å². The predicted octanol–water partition coefficient (Wildman–Crippen LogP) is 7.15. The molecule has 0 unspecified atom stereocenters. The van der Waals surface area contributed by atoms with Crippen molar-refractivity contribution in [2.24, 2.45) is 0 Å². The van der Waals surface area contributed by atoms with E-state index in [-0.39, 0.29) is 5.41 Å². The molecule has 5 aromatic rings. The van der Waals surface area contributed by atoms with E-state index >= 15 is 0 Å². The summed E-state index contributed by atoms with van der Waals surface area (Å²) in [5, 5.41) is 2.82. The molecule has 0 bridgehead atoms. The van der Waals surface area contributed by atoms with Gasteiger partial charge in [-0.2, -0.15) is 0 Å². The lowest BCUT2D eigenvalue weighted by Crippen LogP contribution is -2.35. The van der Waals surface area contributed by atoms with Crippen molar-refractivity contribution in [3.05, 3.63) is 168 Å². The van der Waals surface area contributed by atoms with Gasteiger partial charge in [-0.1, -0.05) is 152 Å². The monoisotopic (exact) mass is 442 g/mol. The van der Waals surface area contributed by atoms with Crippen LogP contribution in [-0.2, 0) is 5.41 Å². The van der Waals surface area contributed by atoms with Crippen LogP contribution in [0.2, 0.25) is 0 Å². The normalized spacial score (nSPS) is 11.4. The van der Waals surface area contributed by atoms with Crippen molar-refractivity contribution in [2.45, 2.75) is 5.41 Å². The van der Waals surface area contributed by atoms with Crippen LogP contribution in [0.25, 0.3) is 0 Å². The van der Waals surface area contributed by atoms with E-state index in [9.17, 15) is 0 Å². The van der Waals surface area contributed by atoms with E-state index in [4.69, 9.17) is 0 Å². The molecule has 5 aromatic carbocycles. The lowest BCUT2D eigenvalue weighted by atomic mass is 9.71. The molecule has 5 rings (SSSR count). The van der Waals surface area contributed by atoms with Gasteiger partial charge in [0, 0.05) is 5.41 Å². The highest BCUT2D eigenvalue weighted by Gasteiger charge is 2.39. The molecule has 0 saturated carbocycles. The lowest BCUT2D eigenvalue weighted by Gasteiger charge is -2.39. The second-order valence-electron chi connectivity index (χ2n) is 8.26. The van der Waals surface area contributed by atoms with Gasteiger partial charge in [-0.15, -0.1) is 0 Å². The van der Waals surface area contributed by atoms with Crippen LogP contribution in [0.1, 0.15) is 16.7 Å². The molecule has 160 valence electrons. The molecule has 0 saturated heterocycles. The van der Waals surface area contributed by atoms with Crippen molar-refractivity contribution >= 4 is 18.5 Å². The fourth-order valence-electron chi connectivity index (χ4n) is 4.73. The van der Waals surface area contributed by atoms with Gasteiger partial charge in [-0.3, -0.25) is 0 Å². The molecule has 0 spiro atoms. The maximum Gasteiger partial charge on any atom is 0.0496 e. The van der Waals surface area contributed by atoms with E-state index in [0.29, 0.717) is 0 Å². The van der Waals surface area contributed by atoms with Crippen molar-refractivity contribution < 1.29 is 0 Å². The molecule has 0 N–H and O–H groups in total. The van der Waals surface area contributed by atoms with Gasteiger partial charge in [0.2, 0.25) is 0 Å². The summed E-state index contributed by atoms with van der Waals surface area (Å²) in [4.78, 5) is 0. The van der Waals surface area contributed by atoms with Gasteiger partial charge in [0.1, 0.15) is 0 Å². The van der Waals surface area contributed by atoms with Crippen LogP contribution < -0.4 is 10.6 Å². The van der Waals surface area contributed by atoms with Crippen LogP contribution in [0.5, 0.6) is 0 Å². The lowest BCUT2D eigenvalue weighted by molar-refractivity contribution is 0.702. The molecule has 33 heavy (non-hydrogen) atoms. The average molecular weight is 443 g/mol. The molecule has 0 aliphatic heterocycles. The first-order valence-electron chi connectivity index (χ1n) is 11.4. The van der Waals surface area contributed by atoms with Crippen molar-refractivity contribution in [3.8, 4) is 0 Å². The zero-order chi connectivity index (χ0) is 22.3. The third kappa shape index (κ3) is 4.40. The number of benzene rings is 5. The van der Waals surface area contributed by atoms with Gasteiger partial charge in [-0.05, 0) is 41.4 Å². The third-order valence-corrected chi connectivity index (χ3v) is 8.96. The number of hydrogen-bond acceptors (Lipinski definition) is 0. The minimum Gasteiger partial charge on any atom is -0.0622 e. The summed E-state index contributed by atoms with van der Waals surface area (Å²) in [5.41, 5.74) is 3.74. The van der Waals surface area contributed by atoms with E-state index in [0.717, 1.165) is 6.16 Å². The fourth-order valence-corrected chi connectivity index (χ4v) is 7.48. The predicted molar refractivity (Wildman–Crippen MR) is 143 cm³/mol. The third-order valence-electron chi connectivity index (χ3n) is 6.33. The summed E-state index contributed by atoms with van der Waals surface area (Å²) < 4.78 is 0. The Morgan fingerprint density at radius 1 is 0.364 bits per heavy atom. The minimum absolute atomic E-state index is 0.263. The Labute approximate surface area is 198 Å². The molecule has 0 aliphatic rings. The van der Waals surface area contributed by atoms with Crippen molar-refractivity contribution in [2.75, 3.05) is 6.16 Å². The summed E-state index contributed by atoms with van der Waals surface area (Å²) in [6.07, 6.45) is 0.994. The first-order chi connectivity index (χ1) is 16.4. The molecular formula is C32H27P. The maximum atomic E-state index is 2.30. The quantitative estimate of drug-likeness (QED) is 0.185. The summed E-state index contributed by atoms with van der Waals surface area (Å²) in [6, 6.07) is 55.2. The summed E-state index contributed by atoms with van der Waals surface area (Å²) in [6.45, 7) is 0. The van der Waals surface area contributed by atoms with E-state index in [1.165, 1.54) is 27.3 Å². The molecule has 0 radical (unpaired) electrons. The van der Waals surface area contributed by atoms with Crippen molar-refractivity contribution in [3.63, 3.8) is 0 Å². The number of rotatable bonds is 7. The van der Waals surface area contributed by atoms with Crippen LogP contribution in [-0.4, -0.2) is 6.16 Å². The van der Waals surface area contributed by atoms with Gasteiger partial charge in [0.05, 0.1) is 0 Å². The van der Waals surface area contributed by atoms with Gasteiger partial charge < -0.3 is 0 Å². The molecule has 0 aromatic heterocycles. The summed E-state index contributed by atoms with van der Waals surface area (Å²) in [7, 11) is -0.610. The summed E-state index contributed by atoms with van der Waals surface area (Å²) in [5.74, 6) is 0. The largest absolute Gasteiger partial charge is 0.0622 e. The van der Waals surface area contributed by atoms with Crippen LogP contribution in [0.4, 0.5) is 0 Å². The standard InChI is InChI=1S/C32H27P/c1-6-16-27(17-7-1)32(28-18-8-2-9-19-28,29-20-10-3-11-21-29)26-33(30-22-12-4-13-23-30)31-24-14-5-15-25-31/h1-25H,26H2. The molecular weight excluding hydrogens is 415 g/mol. The Kier molecular flexibility index (Phi) is 6.47. The Bertz CT molecular complexity index is 1110. The first-order valence-corrected chi connectivity index (χ1v) is 12.9. The highest BCUT2D eigenvalue weighted by atomic mass is 31.1. The second-order valence-corrected chi connectivity index (χ2v) is 10.5. The maximum absolute atomic E-state index is 2.30. The van der Waals surface area contributed by atoms with Gasteiger partial charge in [-0.25, -0.2) is 0 Å². The van der Waals surface area contributed by atoms with Crippen LogP contribution in [0.3, 0.4) is 0 Å². The molecule has 0 atom stereocenters. The Hall–Kier alpha value is -3.47. The first kappa shape index (κ1) is 21.4. The smallest absolute Gasteiger partial charge is 0.0496 e. The highest BCUT2D eigenvalue weighted by molar-refractivity contribution is 7.73. The zero-order valence-corrected chi connectivity index (χ0v) is 19.5. The van der Waals surface area contributed by atoms with Crippen LogP contribution in [0, 0.1) is 0 Å². The molecule has 0 heterocycles. The molecule has 0 fully saturated rings. The Morgan fingerprint density at radius 2 is 0.636 bits per heavy atom. The van der Waals surface area contributed by atoms with Gasteiger partial charge in [0.25, 0.3) is 0 Å². The van der Waals surface area contributed by atoms with Gasteiger partial charge in [0.15, 0.2) is 0 Å². The van der Waals surface area contributed by atoms with E-state index < -0.39 is 7.92 Å². The Morgan fingerprint density at radius 3 is 0.939 bits per heavy atom. The van der Waals surface area contributed by atoms with Crippen LogP contribution >= 0.6 is 7.92 Å². The second kappa shape index (κ2) is 9.99. The minimum atomic E-state index is -0.610. The topological polar surface area (TPSA) is 0 Å². The zero-order valence-electron chi connectivity index (χ0n) is 18.6. The molecule has 0 aliphatic carbocycles. The van der Waals surface area contributed by atoms with E-state index in [1.807, 2.05) is 0 Å². The van der Waals surface area contributed by atoms with Crippen molar-refractivity contribution in [1.29, 1.82) is 0 Å². The molecule has 0 amide bonds. The van der Waals surface area contributed by atoms with Crippen molar-refractivity contribution in [1.82, 2.24) is 0 Å².